The monoisotopic (exact) mass is 313 g/mol. The average molecular weight is 314 g/mol. The maximum Gasteiger partial charge on any atom is 0.130 e. The third kappa shape index (κ3) is 2.27. The predicted octanol–water partition coefficient (Wildman–Crippen LogP) is 4.62. The Bertz CT molecular complexity index is 692. The Balaban J connectivity index is 1.98. The second kappa shape index (κ2) is 4.96. The molecule has 2 aromatic rings. The number of nitrogens with zero attached hydrogens (tertiary/aromatic N) is 3. The summed E-state index contributed by atoms with van der Waals surface area (Å²) in [6.07, 6.45) is 1.71. The van der Waals surface area contributed by atoms with E-state index in [2.05, 4.69) is 24.2 Å². The van der Waals surface area contributed by atoms with Crippen molar-refractivity contribution < 1.29 is 0 Å². The number of halogens is 2. The summed E-state index contributed by atoms with van der Waals surface area (Å²) in [4.78, 5) is 0. The van der Waals surface area contributed by atoms with Gasteiger partial charge in [-0.15, -0.1) is 0 Å². The number of rotatable bonds is 3. The average Bonchev–Trinajstić information content (AvgIpc) is 3.04. The van der Waals surface area contributed by atoms with Crippen LogP contribution in [0.1, 0.15) is 18.7 Å². The lowest BCUT2D eigenvalue weighted by atomic mass is 10.2. The van der Waals surface area contributed by atoms with Crippen molar-refractivity contribution in [3.8, 4) is 0 Å². The van der Waals surface area contributed by atoms with E-state index in [1.54, 1.807) is 12.3 Å². The van der Waals surface area contributed by atoms with Gasteiger partial charge in [0.15, 0.2) is 0 Å². The third-order valence-corrected chi connectivity index (χ3v) is 3.91. The number of benzene rings is 1. The fourth-order valence-corrected chi connectivity index (χ4v) is 2.98. The number of hydrogen-bond donors (Lipinski definition) is 2. The molecule has 0 bridgehead atoms. The van der Waals surface area contributed by atoms with Crippen LogP contribution in [0.2, 0.25) is 10.0 Å². The molecule has 0 saturated carbocycles. The lowest BCUT2D eigenvalue weighted by Crippen LogP contribution is -2.07. The number of nitrogens with one attached hydrogen (secondary N) is 2. The number of anilines is 1. The van der Waals surface area contributed by atoms with Crippen molar-refractivity contribution in [2.75, 3.05) is 5.32 Å². The molecular weight excluding hydrogens is 305 g/mol. The summed E-state index contributed by atoms with van der Waals surface area (Å²) in [5, 5.41) is 11.2. The first-order valence-corrected chi connectivity index (χ1v) is 7.01. The summed E-state index contributed by atoms with van der Waals surface area (Å²) >= 11 is 13.4. The van der Waals surface area contributed by atoms with Gasteiger partial charge in [-0.1, -0.05) is 23.2 Å². The van der Waals surface area contributed by atoms with Crippen molar-refractivity contribution in [2.45, 2.75) is 13.0 Å². The van der Waals surface area contributed by atoms with E-state index < -0.39 is 0 Å². The minimum atomic E-state index is 0.0195. The molecule has 1 aromatic carbocycles. The summed E-state index contributed by atoms with van der Waals surface area (Å²) in [6, 6.07) is 3.60. The summed E-state index contributed by atoms with van der Waals surface area (Å²) in [6.45, 7) is 2.00. The van der Waals surface area contributed by atoms with Crippen LogP contribution in [0.3, 0.4) is 0 Å². The molecule has 98 valence electrons. The van der Waals surface area contributed by atoms with Crippen molar-refractivity contribution >= 4 is 51.6 Å². The number of H-pyrrole nitrogens is 1. The lowest BCUT2D eigenvalue weighted by molar-refractivity contribution is 0.826. The zero-order valence-corrected chi connectivity index (χ0v) is 12.1. The Morgan fingerprint density at radius 3 is 2.79 bits per heavy atom. The third-order valence-electron chi connectivity index (χ3n) is 2.79. The van der Waals surface area contributed by atoms with Gasteiger partial charge in [0, 0.05) is 6.20 Å². The molecule has 1 aliphatic heterocycles. The van der Waals surface area contributed by atoms with Crippen LogP contribution in [0.25, 0.3) is 0 Å². The first kappa shape index (κ1) is 12.7. The van der Waals surface area contributed by atoms with E-state index in [1.165, 1.54) is 0 Å². The van der Waals surface area contributed by atoms with Gasteiger partial charge in [-0.3, -0.25) is 5.10 Å². The fourth-order valence-electron chi connectivity index (χ4n) is 1.81. The SMILES string of the molecule is CC(Nc1c(Cl)cc(Cl)c2c1N=S=N2)c1ccn[nH]1. The highest BCUT2D eigenvalue weighted by molar-refractivity contribution is 7.58. The van der Waals surface area contributed by atoms with Gasteiger partial charge in [0.25, 0.3) is 0 Å². The van der Waals surface area contributed by atoms with Crippen molar-refractivity contribution in [3.63, 3.8) is 0 Å². The fraction of sp³-hybridized carbons (Fsp3) is 0.182. The summed E-state index contributed by atoms with van der Waals surface area (Å²) < 4.78 is 8.42. The molecule has 0 aliphatic carbocycles. The molecule has 1 atom stereocenters. The molecule has 0 spiro atoms. The van der Waals surface area contributed by atoms with E-state index >= 15 is 0 Å². The zero-order valence-electron chi connectivity index (χ0n) is 9.82. The molecule has 19 heavy (non-hydrogen) atoms. The van der Waals surface area contributed by atoms with Gasteiger partial charge in [0.2, 0.25) is 0 Å². The molecule has 0 fully saturated rings. The molecule has 1 aliphatic rings. The molecule has 1 aromatic heterocycles. The summed E-state index contributed by atoms with van der Waals surface area (Å²) in [5.41, 5.74) is 3.04. The Morgan fingerprint density at radius 2 is 2.05 bits per heavy atom. The molecule has 2 heterocycles. The highest BCUT2D eigenvalue weighted by Gasteiger charge is 2.20. The van der Waals surface area contributed by atoms with E-state index in [0.29, 0.717) is 21.4 Å². The molecule has 1 unspecified atom stereocenters. The molecule has 0 amide bonds. The van der Waals surface area contributed by atoms with Crippen LogP contribution in [-0.4, -0.2) is 10.2 Å². The minimum Gasteiger partial charge on any atom is -0.374 e. The highest BCUT2D eigenvalue weighted by atomic mass is 35.5. The Hall–Kier alpha value is -1.37. The van der Waals surface area contributed by atoms with Crippen LogP contribution in [-0.2, 0) is 11.4 Å². The molecule has 5 nitrogen and oxygen atoms in total. The Labute approximate surface area is 123 Å². The summed E-state index contributed by atoms with van der Waals surface area (Å²) in [5.74, 6) is 0. The largest absolute Gasteiger partial charge is 0.374 e. The maximum absolute atomic E-state index is 6.23. The van der Waals surface area contributed by atoms with Crippen LogP contribution in [0.5, 0.6) is 0 Å². The van der Waals surface area contributed by atoms with Gasteiger partial charge in [0.05, 0.1) is 38.8 Å². The summed E-state index contributed by atoms with van der Waals surface area (Å²) in [7, 11) is 0. The van der Waals surface area contributed by atoms with Crippen molar-refractivity contribution in [1.29, 1.82) is 0 Å². The lowest BCUT2D eigenvalue weighted by Gasteiger charge is -2.17. The van der Waals surface area contributed by atoms with Gasteiger partial charge in [0.1, 0.15) is 11.4 Å². The first-order chi connectivity index (χ1) is 9.16. The van der Waals surface area contributed by atoms with E-state index in [4.69, 9.17) is 23.2 Å². The van der Waals surface area contributed by atoms with Crippen LogP contribution in [0.15, 0.2) is 27.1 Å². The second-order valence-corrected chi connectivity index (χ2v) is 5.40. The van der Waals surface area contributed by atoms with Gasteiger partial charge >= 0.3 is 0 Å². The van der Waals surface area contributed by atoms with Crippen molar-refractivity contribution in [3.05, 3.63) is 34.1 Å². The topological polar surface area (TPSA) is 65.4 Å². The number of aromatic amines is 1. The number of fused-ring (bicyclic) bond motifs is 1. The molecule has 2 N–H and O–H groups in total. The second-order valence-electron chi connectivity index (χ2n) is 4.05. The molecule has 8 heteroatoms. The molecule has 0 radical (unpaired) electrons. The predicted molar refractivity (Wildman–Crippen MR) is 78.6 cm³/mol. The van der Waals surface area contributed by atoms with Crippen LogP contribution >= 0.6 is 23.2 Å². The van der Waals surface area contributed by atoms with Crippen molar-refractivity contribution in [1.82, 2.24) is 10.2 Å². The van der Waals surface area contributed by atoms with Gasteiger partial charge in [-0.2, -0.15) is 13.8 Å². The normalized spacial score (nSPS) is 14.1. The standard InChI is InChI=1S/C11H9Cl2N5S/c1-5(8-2-3-14-16-8)15-9-6(12)4-7(13)10-11(9)18-19-17-10/h2-5,15H,1H3,(H,14,16). The highest BCUT2D eigenvalue weighted by Crippen LogP contribution is 2.48. The van der Waals surface area contributed by atoms with E-state index in [-0.39, 0.29) is 6.04 Å². The molecule has 3 rings (SSSR count). The van der Waals surface area contributed by atoms with Crippen LogP contribution < -0.4 is 5.32 Å². The van der Waals surface area contributed by atoms with E-state index in [1.807, 2.05) is 13.0 Å². The first-order valence-electron chi connectivity index (χ1n) is 5.53. The van der Waals surface area contributed by atoms with Gasteiger partial charge in [-0.05, 0) is 19.1 Å². The van der Waals surface area contributed by atoms with Crippen molar-refractivity contribution in [2.24, 2.45) is 8.73 Å². The van der Waals surface area contributed by atoms with E-state index in [9.17, 15) is 0 Å². The Morgan fingerprint density at radius 1 is 1.26 bits per heavy atom. The molecule has 0 saturated heterocycles. The van der Waals surface area contributed by atoms with Crippen LogP contribution in [0.4, 0.5) is 17.1 Å². The molecular formula is C11H9Cl2N5S. The Kier molecular flexibility index (Phi) is 3.30. The van der Waals surface area contributed by atoms with Gasteiger partial charge < -0.3 is 5.32 Å². The smallest absolute Gasteiger partial charge is 0.130 e. The quantitative estimate of drug-likeness (QED) is 0.741. The van der Waals surface area contributed by atoms with Crippen LogP contribution in [0, 0.1) is 0 Å². The number of hydrogen-bond acceptors (Lipinski definition) is 4. The minimum absolute atomic E-state index is 0.0195. The zero-order chi connectivity index (χ0) is 13.4. The maximum atomic E-state index is 6.23. The van der Waals surface area contributed by atoms with Gasteiger partial charge in [-0.25, -0.2) is 0 Å². The van der Waals surface area contributed by atoms with E-state index in [0.717, 1.165) is 22.7 Å². The number of aromatic nitrogens is 2.